The molecule has 0 unspecified atom stereocenters. The molecule has 0 radical (unpaired) electrons. The monoisotopic (exact) mass is 368 g/mol. The minimum absolute atomic E-state index is 0.0193. The Kier molecular flexibility index (Phi) is 7.19. The number of hydrogen-bond donors (Lipinski definition) is 0. The van der Waals surface area contributed by atoms with Crippen LogP contribution in [0.4, 0.5) is 5.82 Å². The summed E-state index contributed by atoms with van der Waals surface area (Å²) >= 11 is 0. The Morgan fingerprint density at radius 1 is 1.20 bits per heavy atom. The summed E-state index contributed by atoms with van der Waals surface area (Å²) in [6.07, 6.45) is 4.95. The minimum atomic E-state index is -3.26. The highest BCUT2D eigenvalue weighted by atomic mass is 32.2. The van der Waals surface area contributed by atoms with E-state index in [1.54, 1.807) is 6.20 Å². The van der Waals surface area contributed by atoms with Crippen LogP contribution < -0.4 is 4.90 Å². The van der Waals surface area contributed by atoms with Gasteiger partial charge in [-0.15, -0.1) is 0 Å². The standard InChI is InChI=1S/C17H28N4O3S/c1-3-4-10-21(25(2,23)24)11-8-17(22)20-14-12-19(13-15-20)16-7-5-6-9-18-16/h5-7,9H,3-4,8,10-15H2,1-2H3. The van der Waals surface area contributed by atoms with E-state index in [1.807, 2.05) is 30.0 Å². The van der Waals surface area contributed by atoms with Gasteiger partial charge in [-0.1, -0.05) is 19.4 Å². The van der Waals surface area contributed by atoms with Gasteiger partial charge in [-0.2, -0.15) is 0 Å². The summed E-state index contributed by atoms with van der Waals surface area (Å²) in [5.74, 6) is 0.947. The predicted molar refractivity (Wildman–Crippen MR) is 99.0 cm³/mol. The number of carbonyl (C=O) groups excluding carboxylic acids is 1. The summed E-state index contributed by atoms with van der Waals surface area (Å²) in [7, 11) is -3.26. The van der Waals surface area contributed by atoms with E-state index in [-0.39, 0.29) is 18.9 Å². The molecule has 25 heavy (non-hydrogen) atoms. The molecule has 7 nitrogen and oxygen atoms in total. The fraction of sp³-hybridized carbons (Fsp3) is 0.647. The maximum Gasteiger partial charge on any atom is 0.224 e. The van der Waals surface area contributed by atoms with Crippen molar-refractivity contribution in [1.29, 1.82) is 0 Å². The third-order valence-electron chi connectivity index (χ3n) is 4.41. The third-order valence-corrected chi connectivity index (χ3v) is 5.71. The zero-order chi connectivity index (χ0) is 18.3. The molecular weight excluding hydrogens is 340 g/mol. The molecule has 0 spiro atoms. The lowest BCUT2D eigenvalue weighted by Gasteiger charge is -2.35. The molecule has 0 aromatic carbocycles. The number of anilines is 1. The first-order chi connectivity index (χ1) is 11.9. The number of pyridine rings is 1. The fourth-order valence-corrected chi connectivity index (χ4v) is 3.77. The van der Waals surface area contributed by atoms with Gasteiger partial charge in [-0.3, -0.25) is 4.79 Å². The SMILES string of the molecule is CCCCN(CCC(=O)N1CCN(c2ccccn2)CC1)S(C)(=O)=O. The molecule has 2 heterocycles. The lowest BCUT2D eigenvalue weighted by molar-refractivity contribution is -0.131. The number of aromatic nitrogens is 1. The molecule has 1 aromatic heterocycles. The number of nitrogens with zero attached hydrogens (tertiary/aromatic N) is 4. The Balaban J connectivity index is 1.82. The van der Waals surface area contributed by atoms with Gasteiger partial charge in [-0.05, 0) is 18.6 Å². The van der Waals surface area contributed by atoms with Crippen molar-refractivity contribution in [2.75, 3.05) is 50.4 Å². The lowest BCUT2D eigenvalue weighted by atomic mass is 10.2. The Hall–Kier alpha value is -1.67. The van der Waals surface area contributed by atoms with Crippen molar-refractivity contribution in [3.05, 3.63) is 24.4 Å². The number of unbranched alkanes of at least 4 members (excludes halogenated alkanes) is 1. The number of amides is 1. The van der Waals surface area contributed by atoms with E-state index < -0.39 is 10.0 Å². The quantitative estimate of drug-likeness (QED) is 0.689. The van der Waals surface area contributed by atoms with Crippen LogP contribution in [0.3, 0.4) is 0 Å². The van der Waals surface area contributed by atoms with Crippen molar-refractivity contribution >= 4 is 21.7 Å². The van der Waals surface area contributed by atoms with Crippen LogP contribution in [0.2, 0.25) is 0 Å². The van der Waals surface area contributed by atoms with E-state index in [0.717, 1.165) is 31.7 Å². The van der Waals surface area contributed by atoms with E-state index in [0.29, 0.717) is 19.6 Å². The highest BCUT2D eigenvalue weighted by Crippen LogP contribution is 2.13. The largest absolute Gasteiger partial charge is 0.353 e. The van der Waals surface area contributed by atoms with Gasteiger partial charge in [0.1, 0.15) is 5.82 Å². The molecule has 0 bridgehead atoms. The molecule has 1 aromatic rings. The average molecular weight is 369 g/mol. The normalized spacial score (nSPS) is 15.6. The molecule has 1 fully saturated rings. The van der Waals surface area contributed by atoms with Gasteiger partial charge in [0, 0.05) is 51.9 Å². The second-order valence-corrected chi connectivity index (χ2v) is 8.30. The van der Waals surface area contributed by atoms with Crippen LogP contribution in [0.15, 0.2) is 24.4 Å². The summed E-state index contributed by atoms with van der Waals surface area (Å²) in [6.45, 7) is 5.54. The van der Waals surface area contributed by atoms with Crippen LogP contribution >= 0.6 is 0 Å². The molecule has 140 valence electrons. The first kappa shape index (κ1) is 19.7. The van der Waals surface area contributed by atoms with Crippen LogP contribution in [0, 0.1) is 0 Å². The van der Waals surface area contributed by atoms with E-state index in [9.17, 15) is 13.2 Å². The highest BCUT2D eigenvalue weighted by molar-refractivity contribution is 7.88. The maximum absolute atomic E-state index is 12.4. The van der Waals surface area contributed by atoms with Gasteiger partial charge < -0.3 is 9.80 Å². The average Bonchev–Trinajstić information content (AvgIpc) is 2.61. The van der Waals surface area contributed by atoms with Gasteiger partial charge in [0.05, 0.1) is 6.26 Å². The Bertz CT molecular complexity index is 643. The van der Waals surface area contributed by atoms with Crippen LogP contribution in [0.25, 0.3) is 0 Å². The summed E-state index contributed by atoms with van der Waals surface area (Å²) in [5, 5.41) is 0. The van der Waals surface area contributed by atoms with Crippen molar-refractivity contribution < 1.29 is 13.2 Å². The van der Waals surface area contributed by atoms with Crippen LogP contribution in [0.1, 0.15) is 26.2 Å². The van der Waals surface area contributed by atoms with Crippen molar-refractivity contribution in [1.82, 2.24) is 14.2 Å². The van der Waals surface area contributed by atoms with Gasteiger partial charge in [0.25, 0.3) is 0 Å². The molecule has 1 aliphatic heterocycles. The molecule has 1 saturated heterocycles. The van der Waals surface area contributed by atoms with Gasteiger partial charge in [0.2, 0.25) is 15.9 Å². The number of rotatable bonds is 8. The predicted octanol–water partition coefficient (Wildman–Crippen LogP) is 1.18. The molecule has 0 N–H and O–H groups in total. The van der Waals surface area contributed by atoms with Gasteiger partial charge in [-0.25, -0.2) is 17.7 Å². The van der Waals surface area contributed by atoms with Crippen molar-refractivity contribution in [2.24, 2.45) is 0 Å². The molecular formula is C17H28N4O3S. The third kappa shape index (κ3) is 5.97. The summed E-state index contributed by atoms with van der Waals surface area (Å²) in [5.41, 5.74) is 0. The number of carbonyl (C=O) groups is 1. The Morgan fingerprint density at radius 2 is 1.92 bits per heavy atom. The maximum atomic E-state index is 12.4. The van der Waals surface area contributed by atoms with Crippen LogP contribution in [-0.4, -0.2) is 74.0 Å². The minimum Gasteiger partial charge on any atom is -0.353 e. The fourth-order valence-electron chi connectivity index (χ4n) is 2.88. The Labute approximate surface area is 150 Å². The van der Waals surface area contributed by atoms with E-state index in [1.165, 1.54) is 10.6 Å². The molecule has 1 amide bonds. The number of piperazine rings is 1. The zero-order valence-electron chi connectivity index (χ0n) is 15.1. The van der Waals surface area contributed by atoms with Crippen LogP contribution in [0.5, 0.6) is 0 Å². The Morgan fingerprint density at radius 3 is 2.48 bits per heavy atom. The summed E-state index contributed by atoms with van der Waals surface area (Å²) in [4.78, 5) is 20.7. The van der Waals surface area contributed by atoms with Crippen molar-refractivity contribution in [3.8, 4) is 0 Å². The first-order valence-corrected chi connectivity index (χ1v) is 10.7. The van der Waals surface area contributed by atoms with Gasteiger partial charge >= 0.3 is 0 Å². The second-order valence-electron chi connectivity index (χ2n) is 6.32. The smallest absolute Gasteiger partial charge is 0.224 e. The molecule has 0 atom stereocenters. The molecule has 0 aliphatic carbocycles. The number of hydrogen-bond acceptors (Lipinski definition) is 5. The van der Waals surface area contributed by atoms with E-state index in [4.69, 9.17) is 0 Å². The summed E-state index contributed by atoms with van der Waals surface area (Å²) in [6, 6.07) is 5.81. The lowest BCUT2D eigenvalue weighted by Crippen LogP contribution is -2.49. The number of sulfonamides is 1. The van der Waals surface area contributed by atoms with Crippen LogP contribution in [-0.2, 0) is 14.8 Å². The van der Waals surface area contributed by atoms with E-state index in [2.05, 4.69) is 9.88 Å². The molecule has 1 aliphatic rings. The topological polar surface area (TPSA) is 73.8 Å². The van der Waals surface area contributed by atoms with Crippen molar-refractivity contribution in [2.45, 2.75) is 26.2 Å². The highest BCUT2D eigenvalue weighted by Gasteiger charge is 2.23. The van der Waals surface area contributed by atoms with E-state index >= 15 is 0 Å². The molecule has 0 saturated carbocycles. The van der Waals surface area contributed by atoms with Gasteiger partial charge in [0.15, 0.2) is 0 Å². The molecule has 2 rings (SSSR count). The second kappa shape index (κ2) is 9.15. The zero-order valence-corrected chi connectivity index (χ0v) is 15.9. The molecule has 8 heteroatoms. The van der Waals surface area contributed by atoms with Crippen molar-refractivity contribution in [3.63, 3.8) is 0 Å². The first-order valence-electron chi connectivity index (χ1n) is 8.80. The summed E-state index contributed by atoms with van der Waals surface area (Å²) < 4.78 is 25.0.